The lowest BCUT2D eigenvalue weighted by molar-refractivity contribution is 0.0928. The molecule has 1 heterocycles. The van der Waals surface area contributed by atoms with Gasteiger partial charge in [-0.1, -0.05) is 11.6 Å². The molecule has 0 aliphatic rings. The lowest BCUT2D eigenvalue weighted by Gasteiger charge is -2.00. The van der Waals surface area contributed by atoms with Gasteiger partial charge in [-0.25, -0.2) is 0 Å². The first-order valence-corrected chi connectivity index (χ1v) is 5.68. The lowest BCUT2D eigenvalue weighted by Crippen LogP contribution is -2.29. The minimum Gasteiger partial charge on any atom is -0.451 e. The number of benzene rings is 1. The molecule has 2 rings (SSSR count). The average Bonchev–Trinajstić information content (AvgIpc) is 2.64. The van der Waals surface area contributed by atoms with E-state index in [1.54, 1.807) is 18.2 Å². The minimum atomic E-state index is -0.250. The van der Waals surface area contributed by atoms with Gasteiger partial charge in [0.1, 0.15) is 5.58 Å². The standard InChI is InChI=1S/C12H13ClN2O2.ClH/c1-7-9-6-8(13)2-3-10(9)17-11(7)12(16)15-5-4-14;/h2-3,6H,4-5,14H2,1H3,(H,15,16);1H. The van der Waals surface area contributed by atoms with Crippen LogP contribution in [0.4, 0.5) is 0 Å². The van der Waals surface area contributed by atoms with Crippen molar-refractivity contribution in [2.24, 2.45) is 5.73 Å². The molecule has 18 heavy (non-hydrogen) atoms. The van der Waals surface area contributed by atoms with Crippen LogP contribution in [0.15, 0.2) is 22.6 Å². The van der Waals surface area contributed by atoms with Gasteiger partial charge in [0.05, 0.1) is 0 Å². The number of carbonyl (C=O) groups excluding carboxylic acids is 1. The zero-order chi connectivity index (χ0) is 12.4. The predicted molar refractivity (Wildman–Crippen MR) is 74.6 cm³/mol. The maximum atomic E-state index is 11.8. The largest absolute Gasteiger partial charge is 0.451 e. The third-order valence-corrected chi connectivity index (χ3v) is 2.77. The molecule has 0 aliphatic carbocycles. The Balaban J connectivity index is 0.00000162. The van der Waals surface area contributed by atoms with Crippen LogP contribution in [0, 0.1) is 6.92 Å². The molecular formula is C12H14Cl2N2O2. The fraction of sp³-hybridized carbons (Fsp3) is 0.250. The SMILES string of the molecule is Cc1c(C(=O)NCCN)oc2ccc(Cl)cc12.Cl. The molecule has 6 heteroatoms. The van der Waals surface area contributed by atoms with Crippen molar-refractivity contribution in [3.8, 4) is 0 Å². The molecule has 4 nitrogen and oxygen atoms in total. The molecular weight excluding hydrogens is 275 g/mol. The summed E-state index contributed by atoms with van der Waals surface area (Å²) in [4.78, 5) is 11.8. The van der Waals surface area contributed by atoms with Crippen molar-refractivity contribution in [2.75, 3.05) is 13.1 Å². The van der Waals surface area contributed by atoms with Crippen LogP contribution in [0.3, 0.4) is 0 Å². The number of hydrogen-bond acceptors (Lipinski definition) is 3. The Kier molecular flexibility index (Phi) is 5.02. The summed E-state index contributed by atoms with van der Waals surface area (Å²) in [5.41, 5.74) is 6.77. The Labute approximate surface area is 116 Å². The first kappa shape index (κ1) is 14.8. The smallest absolute Gasteiger partial charge is 0.287 e. The second-order valence-corrected chi connectivity index (χ2v) is 4.18. The van der Waals surface area contributed by atoms with E-state index in [9.17, 15) is 4.79 Å². The zero-order valence-electron chi connectivity index (χ0n) is 9.83. The molecule has 0 aliphatic heterocycles. The second-order valence-electron chi connectivity index (χ2n) is 3.74. The van der Waals surface area contributed by atoms with E-state index < -0.39 is 0 Å². The molecule has 0 atom stereocenters. The molecule has 2 aromatic rings. The molecule has 3 N–H and O–H groups in total. The van der Waals surface area contributed by atoms with Gasteiger partial charge >= 0.3 is 0 Å². The summed E-state index contributed by atoms with van der Waals surface area (Å²) in [6, 6.07) is 5.27. The number of aryl methyl sites for hydroxylation is 1. The second kappa shape index (κ2) is 6.09. The quantitative estimate of drug-likeness (QED) is 0.912. The number of carbonyl (C=O) groups is 1. The Morgan fingerprint density at radius 1 is 1.50 bits per heavy atom. The third kappa shape index (κ3) is 2.77. The monoisotopic (exact) mass is 288 g/mol. The number of rotatable bonds is 3. The molecule has 0 saturated carbocycles. The molecule has 98 valence electrons. The van der Waals surface area contributed by atoms with E-state index in [2.05, 4.69) is 5.32 Å². The highest BCUT2D eigenvalue weighted by atomic mass is 35.5. The highest BCUT2D eigenvalue weighted by molar-refractivity contribution is 6.31. The van der Waals surface area contributed by atoms with E-state index in [-0.39, 0.29) is 18.3 Å². The number of furan rings is 1. The fourth-order valence-electron chi connectivity index (χ4n) is 1.68. The van der Waals surface area contributed by atoms with Gasteiger partial charge in [0.25, 0.3) is 5.91 Å². The first-order chi connectivity index (χ1) is 8.13. The summed E-state index contributed by atoms with van der Waals surface area (Å²) >= 11 is 5.90. The Morgan fingerprint density at radius 3 is 2.89 bits per heavy atom. The minimum absolute atomic E-state index is 0. The van der Waals surface area contributed by atoms with Gasteiger partial charge in [-0.2, -0.15) is 0 Å². The fourth-order valence-corrected chi connectivity index (χ4v) is 1.85. The highest BCUT2D eigenvalue weighted by Crippen LogP contribution is 2.27. The number of nitrogens with one attached hydrogen (secondary N) is 1. The summed E-state index contributed by atoms with van der Waals surface area (Å²) in [7, 11) is 0. The topological polar surface area (TPSA) is 68.3 Å². The van der Waals surface area contributed by atoms with Crippen molar-refractivity contribution in [3.63, 3.8) is 0 Å². The molecule has 0 radical (unpaired) electrons. The van der Waals surface area contributed by atoms with E-state index >= 15 is 0 Å². The highest BCUT2D eigenvalue weighted by Gasteiger charge is 2.17. The van der Waals surface area contributed by atoms with Crippen LogP contribution >= 0.6 is 24.0 Å². The first-order valence-electron chi connectivity index (χ1n) is 5.30. The van der Waals surface area contributed by atoms with Crippen LogP contribution < -0.4 is 11.1 Å². The van der Waals surface area contributed by atoms with Crippen molar-refractivity contribution in [1.82, 2.24) is 5.32 Å². The molecule has 0 bridgehead atoms. The number of hydrogen-bond donors (Lipinski definition) is 2. The molecule has 1 aromatic carbocycles. The maximum Gasteiger partial charge on any atom is 0.287 e. The van der Waals surface area contributed by atoms with Gasteiger partial charge in [-0.15, -0.1) is 12.4 Å². The molecule has 0 saturated heterocycles. The van der Waals surface area contributed by atoms with E-state index in [0.29, 0.717) is 29.5 Å². The Morgan fingerprint density at radius 2 is 2.22 bits per heavy atom. The van der Waals surface area contributed by atoms with E-state index in [1.807, 2.05) is 6.92 Å². The Bertz CT molecular complexity index is 566. The van der Waals surface area contributed by atoms with Crippen LogP contribution in [-0.2, 0) is 0 Å². The number of amides is 1. The normalized spacial score (nSPS) is 10.2. The van der Waals surface area contributed by atoms with Gasteiger partial charge in [0, 0.05) is 29.1 Å². The van der Waals surface area contributed by atoms with Gasteiger partial charge in [-0.3, -0.25) is 4.79 Å². The lowest BCUT2D eigenvalue weighted by atomic mass is 10.1. The summed E-state index contributed by atoms with van der Waals surface area (Å²) in [6.07, 6.45) is 0. The zero-order valence-corrected chi connectivity index (χ0v) is 11.4. The third-order valence-electron chi connectivity index (χ3n) is 2.53. The molecule has 1 amide bonds. The average molecular weight is 289 g/mol. The summed E-state index contributed by atoms with van der Waals surface area (Å²) in [5, 5.41) is 4.15. The van der Waals surface area contributed by atoms with Crippen LogP contribution in [0.2, 0.25) is 5.02 Å². The van der Waals surface area contributed by atoms with Gasteiger partial charge < -0.3 is 15.5 Å². The van der Waals surface area contributed by atoms with Crippen molar-refractivity contribution < 1.29 is 9.21 Å². The Hall–Kier alpha value is -1.23. The number of halogens is 2. The van der Waals surface area contributed by atoms with Gasteiger partial charge in [-0.05, 0) is 25.1 Å². The molecule has 1 aromatic heterocycles. The van der Waals surface area contributed by atoms with Crippen molar-refractivity contribution >= 4 is 40.9 Å². The van der Waals surface area contributed by atoms with Crippen molar-refractivity contribution in [2.45, 2.75) is 6.92 Å². The predicted octanol–water partition coefficient (Wildman–Crippen LogP) is 2.50. The summed E-state index contributed by atoms with van der Waals surface area (Å²) < 4.78 is 5.50. The number of nitrogens with two attached hydrogens (primary N) is 1. The summed E-state index contributed by atoms with van der Waals surface area (Å²) in [6.45, 7) is 2.66. The molecule has 0 fully saturated rings. The van der Waals surface area contributed by atoms with Crippen LogP contribution in [0.25, 0.3) is 11.0 Å². The maximum absolute atomic E-state index is 11.8. The van der Waals surface area contributed by atoms with Crippen LogP contribution in [-0.4, -0.2) is 19.0 Å². The van der Waals surface area contributed by atoms with E-state index in [4.69, 9.17) is 21.8 Å². The van der Waals surface area contributed by atoms with Crippen molar-refractivity contribution in [3.05, 3.63) is 34.5 Å². The van der Waals surface area contributed by atoms with Crippen molar-refractivity contribution in [1.29, 1.82) is 0 Å². The molecule has 0 unspecified atom stereocenters. The van der Waals surface area contributed by atoms with E-state index in [1.165, 1.54) is 0 Å². The van der Waals surface area contributed by atoms with Crippen LogP contribution in [0.1, 0.15) is 16.1 Å². The van der Waals surface area contributed by atoms with E-state index in [0.717, 1.165) is 10.9 Å². The molecule has 0 spiro atoms. The van der Waals surface area contributed by atoms with Gasteiger partial charge in [0.15, 0.2) is 5.76 Å². The number of fused-ring (bicyclic) bond motifs is 1. The van der Waals surface area contributed by atoms with Gasteiger partial charge in [0.2, 0.25) is 0 Å². The van der Waals surface area contributed by atoms with Crippen LogP contribution in [0.5, 0.6) is 0 Å². The summed E-state index contributed by atoms with van der Waals surface area (Å²) in [5.74, 6) is 0.0657.